The van der Waals surface area contributed by atoms with Crippen LogP contribution in [0.2, 0.25) is 0 Å². The Morgan fingerprint density at radius 3 is 2.19 bits per heavy atom. The van der Waals surface area contributed by atoms with E-state index in [0.717, 1.165) is 5.56 Å². The molecule has 1 atom stereocenters. The van der Waals surface area contributed by atoms with Crippen molar-refractivity contribution in [2.24, 2.45) is 0 Å². The highest BCUT2D eigenvalue weighted by atomic mass is 16.6. The Kier molecular flexibility index (Phi) is 4.07. The second-order valence-electron chi connectivity index (χ2n) is 4.23. The summed E-state index contributed by atoms with van der Waals surface area (Å²) in [6.45, 7) is 3.93. The van der Waals surface area contributed by atoms with E-state index in [-0.39, 0.29) is 5.97 Å². The first-order valence-corrected chi connectivity index (χ1v) is 5.20. The maximum Gasteiger partial charge on any atom is 0.335 e. The molecule has 1 rings (SSSR count). The molecule has 0 aromatic heterocycles. The molecule has 3 nitrogen and oxygen atoms in total. The lowest BCUT2D eigenvalue weighted by atomic mass is 9.79. The van der Waals surface area contributed by atoms with E-state index < -0.39 is 11.5 Å². The summed E-state index contributed by atoms with van der Waals surface area (Å²) in [6.07, 6.45) is -0.597. The van der Waals surface area contributed by atoms with Gasteiger partial charge in [0.2, 0.25) is 0 Å². The van der Waals surface area contributed by atoms with Gasteiger partial charge in [-0.05, 0) is 5.56 Å². The summed E-state index contributed by atoms with van der Waals surface area (Å²) < 4.78 is 9.99. The van der Waals surface area contributed by atoms with E-state index >= 15 is 0 Å². The highest BCUT2D eigenvalue weighted by Gasteiger charge is 2.37. The Hall–Kier alpha value is -1.35. The van der Waals surface area contributed by atoms with Crippen molar-refractivity contribution in [1.29, 1.82) is 0 Å². The predicted molar refractivity (Wildman–Crippen MR) is 62.3 cm³/mol. The summed E-state index contributed by atoms with van der Waals surface area (Å²) >= 11 is 0. The normalized spacial score (nSPS) is 13.2. The SMILES string of the molecule is COC(=O)[C@H](OC)C(C)(C)c1ccccc1. The summed E-state index contributed by atoms with van der Waals surface area (Å²) in [5.74, 6) is -0.351. The van der Waals surface area contributed by atoms with Gasteiger partial charge in [0.25, 0.3) is 0 Å². The highest BCUT2D eigenvalue weighted by molar-refractivity contribution is 5.76. The third-order valence-electron chi connectivity index (χ3n) is 2.82. The minimum atomic E-state index is -0.597. The summed E-state index contributed by atoms with van der Waals surface area (Å²) in [7, 11) is 2.89. The van der Waals surface area contributed by atoms with Crippen molar-refractivity contribution in [1.82, 2.24) is 0 Å². The molecular formula is C13H18O3. The van der Waals surface area contributed by atoms with Gasteiger partial charge < -0.3 is 9.47 Å². The molecule has 0 radical (unpaired) electrons. The van der Waals surface area contributed by atoms with E-state index in [4.69, 9.17) is 9.47 Å². The van der Waals surface area contributed by atoms with Crippen LogP contribution in [0, 0.1) is 0 Å². The predicted octanol–water partition coefficient (Wildman–Crippen LogP) is 2.15. The molecule has 0 N–H and O–H groups in total. The molecule has 88 valence electrons. The molecular weight excluding hydrogens is 204 g/mol. The van der Waals surface area contributed by atoms with Crippen molar-refractivity contribution >= 4 is 5.97 Å². The zero-order valence-electron chi connectivity index (χ0n) is 10.2. The Bertz CT molecular complexity index is 343. The van der Waals surface area contributed by atoms with Gasteiger partial charge in [0, 0.05) is 12.5 Å². The quantitative estimate of drug-likeness (QED) is 0.732. The number of benzene rings is 1. The fourth-order valence-electron chi connectivity index (χ4n) is 1.81. The number of carbonyl (C=O) groups is 1. The van der Waals surface area contributed by atoms with E-state index in [9.17, 15) is 4.79 Å². The molecule has 0 amide bonds. The molecule has 0 bridgehead atoms. The summed E-state index contributed by atoms with van der Waals surface area (Å²) in [4.78, 5) is 11.6. The minimum Gasteiger partial charge on any atom is -0.467 e. The van der Waals surface area contributed by atoms with Crippen LogP contribution in [0.4, 0.5) is 0 Å². The fourth-order valence-corrected chi connectivity index (χ4v) is 1.81. The second-order valence-corrected chi connectivity index (χ2v) is 4.23. The van der Waals surface area contributed by atoms with Gasteiger partial charge in [0.1, 0.15) is 0 Å². The number of rotatable bonds is 4. The van der Waals surface area contributed by atoms with E-state index in [2.05, 4.69) is 0 Å². The summed E-state index contributed by atoms with van der Waals surface area (Å²) in [5, 5.41) is 0. The van der Waals surface area contributed by atoms with E-state index in [1.807, 2.05) is 44.2 Å². The molecule has 1 aromatic carbocycles. The molecule has 0 aliphatic carbocycles. The second kappa shape index (κ2) is 5.12. The number of ether oxygens (including phenoxy) is 2. The maximum absolute atomic E-state index is 11.6. The number of esters is 1. The highest BCUT2D eigenvalue weighted by Crippen LogP contribution is 2.29. The van der Waals surface area contributed by atoms with Gasteiger partial charge in [-0.2, -0.15) is 0 Å². The first-order valence-electron chi connectivity index (χ1n) is 5.20. The lowest BCUT2D eigenvalue weighted by Gasteiger charge is -2.31. The molecule has 3 heteroatoms. The van der Waals surface area contributed by atoms with Gasteiger partial charge in [-0.1, -0.05) is 44.2 Å². The van der Waals surface area contributed by atoms with Gasteiger partial charge in [-0.25, -0.2) is 4.79 Å². The van der Waals surface area contributed by atoms with Crippen LogP contribution in [0.15, 0.2) is 30.3 Å². The molecule has 0 saturated heterocycles. The summed E-state index contributed by atoms with van der Waals surface area (Å²) in [6, 6.07) is 9.80. The maximum atomic E-state index is 11.6. The van der Waals surface area contributed by atoms with E-state index in [0.29, 0.717) is 0 Å². The van der Waals surface area contributed by atoms with Gasteiger partial charge in [-0.3, -0.25) is 0 Å². The summed E-state index contributed by atoms with van der Waals surface area (Å²) in [5.41, 5.74) is 0.635. The first kappa shape index (κ1) is 12.7. The van der Waals surface area contributed by atoms with Crippen LogP contribution < -0.4 is 0 Å². The lowest BCUT2D eigenvalue weighted by Crippen LogP contribution is -2.42. The Labute approximate surface area is 96.4 Å². The van der Waals surface area contributed by atoms with Crippen LogP contribution in [0.3, 0.4) is 0 Å². The van der Waals surface area contributed by atoms with Gasteiger partial charge >= 0.3 is 5.97 Å². The molecule has 0 unspecified atom stereocenters. The zero-order chi connectivity index (χ0) is 12.2. The van der Waals surface area contributed by atoms with Crippen LogP contribution in [-0.2, 0) is 19.7 Å². The van der Waals surface area contributed by atoms with Crippen LogP contribution in [0.1, 0.15) is 19.4 Å². The van der Waals surface area contributed by atoms with Crippen LogP contribution in [0.5, 0.6) is 0 Å². The van der Waals surface area contributed by atoms with Crippen LogP contribution in [-0.4, -0.2) is 26.3 Å². The van der Waals surface area contributed by atoms with Gasteiger partial charge in [-0.15, -0.1) is 0 Å². The number of hydrogen-bond acceptors (Lipinski definition) is 3. The van der Waals surface area contributed by atoms with Crippen molar-refractivity contribution < 1.29 is 14.3 Å². The monoisotopic (exact) mass is 222 g/mol. The van der Waals surface area contributed by atoms with Crippen molar-refractivity contribution in [2.45, 2.75) is 25.4 Å². The largest absolute Gasteiger partial charge is 0.467 e. The molecule has 0 fully saturated rings. The molecule has 0 aliphatic heterocycles. The van der Waals surface area contributed by atoms with Crippen LogP contribution in [0.25, 0.3) is 0 Å². The zero-order valence-corrected chi connectivity index (χ0v) is 10.2. The molecule has 1 aromatic rings. The Morgan fingerprint density at radius 1 is 1.19 bits per heavy atom. The number of methoxy groups -OCH3 is 2. The third kappa shape index (κ3) is 2.42. The first-order chi connectivity index (χ1) is 7.54. The van der Waals surface area contributed by atoms with Crippen LogP contribution >= 0.6 is 0 Å². The lowest BCUT2D eigenvalue weighted by molar-refractivity contribution is -0.156. The molecule has 0 spiro atoms. The minimum absolute atomic E-state index is 0.351. The van der Waals surface area contributed by atoms with Crippen molar-refractivity contribution in [2.75, 3.05) is 14.2 Å². The van der Waals surface area contributed by atoms with Gasteiger partial charge in [0.15, 0.2) is 6.10 Å². The topological polar surface area (TPSA) is 35.5 Å². The van der Waals surface area contributed by atoms with Crippen molar-refractivity contribution in [3.05, 3.63) is 35.9 Å². The molecule has 16 heavy (non-hydrogen) atoms. The average molecular weight is 222 g/mol. The fraction of sp³-hybridized carbons (Fsp3) is 0.462. The molecule has 0 heterocycles. The van der Waals surface area contributed by atoms with Crippen molar-refractivity contribution in [3.63, 3.8) is 0 Å². The van der Waals surface area contributed by atoms with Crippen molar-refractivity contribution in [3.8, 4) is 0 Å². The van der Waals surface area contributed by atoms with E-state index in [1.165, 1.54) is 14.2 Å². The molecule has 0 aliphatic rings. The average Bonchev–Trinajstić information content (AvgIpc) is 2.30. The smallest absolute Gasteiger partial charge is 0.335 e. The third-order valence-corrected chi connectivity index (χ3v) is 2.82. The standard InChI is InChI=1S/C13H18O3/c1-13(2,10-8-6-5-7-9-10)11(15-3)12(14)16-4/h5-9,11H,1-4H3/t11-/m0/s1. The van der Waals surface area contributed by atoms with Gasteiger partial charge in [0.05, 0.1) is 7.11 Å². The Balaban J connectivity index is 3.04. The Morgan fingerprint density at radius 2 is 1.75 bits per heavy atom. The number of carbonyl (C=O) groups excluding carboxylic acids is 1. The van der Waals surface area contributed by atoms with E-state index in [1.54, 1.807) is 0 Å². The number of hydrogen-bond donors (Lipinski definition) is 0. The molecule has 0 saturated carbocycles.